The van der Waals surface area contributed by atoms with Crippen molar-refractivity contribution in [2.24, 2.45) is 0 Å². The fraction of sp³-hybridized carbons (Fsp3) is 0.391. The third-order valence-electron chi connectivity index (χ3n) is 5.92. The summed E-state index contributed by atoms with van der Waals surface area (Å²) >= 11 is 5.94. The van der Waals surface area contributed by atoms with Gasteiger partial charge in [-0.3, -0.25) is 0 Å². The zero-order valence-corrected chi connectivity index (χ0v) is 19.7. The summed E-state index contributed by atoms with van der Waals surface area (Å²) < 4.78 is 19.9. The van der Waals surface area contributed by atoms with Crippen LogP contribution in [0.15, 0.2) is 30.6 Å². The second-order valence-corrected chi connectivity index (χ2v) is 9.90. The van der Waals surface area contributed by atoms with Crippen LogP contribution in [0, 0.1) is 5.82 Å². The Morgan fingerprint density at radius 2 is 2.03 bits per heavy atom. The van der Waals surface area contributed by atoms with E-state index in [-0.39, 0.29) is 34.6 Å². The monoisotopic (exact) mass is 486 g/mol. The molecule has 11 heteroatoms. The fourth-order valence-electron chi connectivity index (χ4n) is 4.43. The van der Waals surface area contributed by atoms with E-state index < -0.39 is 11.4 Å². The van der Waals surface area contributed by atoms with Gasteiger partial charge in [0.05, 0.1) is 28.3 Å². The molecule has 34 heavy (non-hydrogen) atoms. The van der Waals surface area contributed by atoms with Crippen molar-refractivity contribution in [2.75, 3.05) is 23.3 Å². The number of hydrogen-bond donors (Lipinski definition) is 2. The van der Waals surface area contributed by atoms with Crippen LogP contribution >= 0.6 is 11.6 Å². The molecule has 0 unspecified atom stereocenters. The summed E-state index contributed by atoms with van der Waals surface area (Å²) in [5.41, 5.74) is 0.577. The first-order chi connectivity index (χ1) is 16.1. The molecule has 1 amide bonds. The van der Waals surface area contributed by atoms with Crippen molar-refractivity contribution in [3.05, 3.63) is 41.4 Å². The van der Waals surface area contributed by atoms with E-state index in [9.17, 15) is 14.3 Å². The van der Waals surface area contributed by atoms with Crippen LogP contribution in [0.1, 0.15) is 27.2 Å². The number of nitrogens with one attached hydrogen (secondary N) is 1. The van der Waals surface area contributed by atoms with Crippen LogP contribution in [-0.2, 0) is 4.74 Å². The summed E-state index contributed by atoms with van der Waals surface area (Å²) in [7, 11) is 0. The summed E-state index contributed by atoms with van der Waals surface area (Å²) in [5, 5.41) is 12.5. The fourth-order valence-corrected chi connectivity index (χ4v) is 4.60. The van der Waals surface area contributed by atoms with E-state index in [4.69, 9.17) is 21.3 Å². The number of nitrogens with zero attached hydrogens (tertiary/aromatic N) is 5. The quantitative estimate of drug-likeness (QED) is 0.523. The van der Waals surface area contributed by atoms with Gasteiger partial charge >= 0.3 is 6.09 Å². The summed E-state index contributed by atoms with van der Waals surface area (Å²) in [6, 6.07) is 6.11. The number of amides is 1. The van der Waals surface area contributed by atoms with Crippen LogP contribution in [0.5, 0.6) is 5.75 Å². The normalized spacial score (nSPS) is 19.7. The number of anilines is 3. The van der Waals surface area contributed by atoms with Crippen LogP contribution in [0.4, 0.5) is 26.5 Å². The van der Waals surface area contributed by atoms with Gasteiger partial charge in [-0.15, -0.1) is 0 Å². The third kappa shape index (κ3) is 4.13. The molecular formula is C23H24ClFN6O3. The van der Waals surface area contributed by atoms with Gasteiger partial charge in [-0.1, -0.05) is 11.6 Å². The predicted molar refractivity (Wildman–Crippen MR) is 126 cm³/mol. The number of aromatic hydroxyl groups is 1. The summed E-state index contributed by atoms with van der Waals surface area (Å²) in [5.74, 6) is 0.0178. The van der Waals surface area contributed by atoms with E-state index in [2.05, 4.69) is 20.2 Å². The number of ether oxygens (including phenoxy) is 1. The van der Waals surface area contributed by atoms with Crippen molar-refractivity contribution in [1.82, 2.24) is 19.9 Å². The molecule has 178 valence electrons. The molecule has 0 spiro atoms. The van der Waals surface area contributed by atoms with E-state index in [1.54, 1.807) is 4.90 Å². The molecule has 9 nitrogen and oxygen atoms in total. The van der Waals surface area contributed by atoms with Gasteiger partial charge in [0.1, 0.15) is 34.8 Å². The van der Waals surface area contributed by atoms with Crippen molar-refractivity contribution < 1.29 is 19.0 Å². The molecule has 3 aromatic rings. The van der Waals surface area contributed by atoms with Gasteiger partial charge in [-0.25, -0.2) is 24.1 Å². The van der Waals surface area contributed by atoms with Gasteiger partial charge < -0.3 is 25.0 Å². The number of hydrogen-bond acceptors (Lipinski definition) is 8. The zero-order chi connectivity index (χ0) is 24.2. The molecule has 0 aliphatic carbocycles. The topological polar surface area (TPSA) is 104 Å². The van der Waals surface area contributed by atoms with Crippen LogP contribution in [-0.4, -0.2) is 61.8 Å². The first-order valence-corrected chi connectivity index (χ1v) is 11.3. The number of fused-ring (bicyclic) bond motifs is 3. The van der Waals surface area contributed by atoms with Crippen molar-refractivity contribution in [2.45, 2.75) is 44.9 Å². The molecule has 2 N–H and O–H groups in total. The van der Waals surface area contributed by atoms with Crippen LogP contribution in [0.2, 0.25) is 5.02 Å². The Morgan fingerprint density at radius 3 is 2.74 bits per heavy atom. The summed E-state index contributed by atoms with van der Waals surface area (Å²) in [4.78, 5) is 29.8. The standard InChI is InChI=1S/C23H24ClFN6O3/c1-23(2,3)34-22(33)31-10-12-6-13(31)9-30(12)19-5-4-16-20(29-19)21(27-11-26-16)28-17-7-14(24)18(32)8-15(17)25/h4-5,7-8,11-13,32H,6,9-10H2,1-3H3,(H,26,27,28)/t12-,13-/m0/s1. The van der Waals surface area contributed by atoms with Gasteiger partial charge in [0.2, 0.25) is 0 Å². The summed E-state index contributed by atoms with van der Waals surface area (Å²) in [6.45, 7) is 6.77. The lowest BCUT2D eigenvalue weighted by Crippen LogP contribution is -2.50. The highest BCUT2D eigenvalue weighted by molar-refractivity contribution is 6.32. The number of piperazine rings is 1. The second-order valence-electron chi connectivity index (χ2n) is 9.50. The zero-order valence-electron chi connectivity index (χ0n) is 18.9. The molecular weight excluding hydrogens is 463 g/mol. The highest BCUT2D eigenvalue weighted by Gasteiger charge is 2.47. The van der Waals surface area contributed by atoms with E-state index in [0.29, 0.717) is 29.9 Å². The molecule has 1 aromatic carbocycles. The van der Waals surface area contributed by atoms with E-state index in [1.165, 1.54) is 12.4 Å². The molecule has 2 atom stereocenters. The molecule has 5 rings (SSSR count). The number of aromatic nitrogens is 3. The van der Waals surface area contributed by atoms with Crippen molar-refractivity contribution in [1.29, 1.82) is 0 Å². The number of pyridine rings is 1. The van der Waals surface area contributed by atoms with Gasteiger partial charge in [0.25, 0.3) is 0 Å². The van der Waals surface area contributed by atoms with Crippen LogP contribution in [0.3, 0.4) is 0 Å². The molecule has 0 radical (unpaired) electrons. The van der Waals surface area contributed by atoms with Crippen molar-refractivity contribution in [3.8, 4) is 5.75 Å². The highest BCUT2D eigenvalue weighted by atomic mass is 35.5. The maximum Gasteiger partial charge on any atom is 0.410 e. The largest absolute Gasteiger partial charge is 0.506 e. The Bertz CT molecular complexity index is 1280. The Balaban J connectivity index is 1.40. The SMILES string of the molecule is CC(C)(C)OC(=O)N1C[C@@H]2C[C@H]1CN2c1ccc2ncnc(Nc3cc(Cl)c(O)cc3F)c2n1. The van der Waals surface area contributed by atoms with Gasteiger partial charge in [-0.05, 0) is 45.4 Å². The lowest BCUT2D eigenvalue weighted by atomic mass is 10.2. The lowest BCUT2D eigenvalue weighted by molar-refractivity contribution is 0.0214. The molecule has 2 bridgehead atoms. The van der Waals surface area contributed by atoms with Gasteiger partial charge in [0.15, 0.2) is 5.82 Å². The van der Waals surface area contributed by atoms with Gasteiger partial charge in [-0.2, -0.15) is 0 Å². The minimum absolute atomic E-state index is 0.0125. The average Bonchev–Trinajstić information content (AvgIpc) is 3.37. The average molecular weight is 487 g/mol. The Kier molecular flexibility index (Phi) is 5.35. The van der Waals surface area contributed by atoms with E-state index in [0.717, 1.165) is 18.3 Å². The number of phenols is 1. The maximum absolute atomic E-state index is 14.4. The Labute approximate surface area is 200 Å². The minimum Gasteiger partial charge on any atom is -0.506 e. The lowest BCUT2D eigenvalue weighted by Gasteiger charge is -2.35. The Morgan fingerprint density at radius 1 is 1.24 bits per heavy atom. The molecule has 2 aliphatic rings. The molecule has 2 fully saturated rings. The first kappa shape index (κ1) is 22.4. The number of phenolic OH excluding ortho intramolecular Hbond substituents is 1. The number of rotatable bonds is 3. The number of carbonyl (C=O) groups is 1. The first-order valence-electron chi connectivity index (χ1n) is 10.9. The van der Waals surface area contributed by atoms with Crippen LogP contribution in [0.25, 0.3) is 11.0 Å². The smallest absolute Gasteiger partial charge is 0.410 e. The summed E-state index contributed by atoms with van der Waals surface area (Å²) in [6.07, 6.45) is 1.91. The number of benzene rings is 1. The second kappa shape index (κ2) is 8.12. The van der Waals surface area contributed by atoms with E-state index in [1.807, 2.05) is 32.9 Å². The molecule has 4 heterocycles. The molecule has 2 aliphatic heterocycles. The van der Waals surface area contributed by atoms with Crippen molar-refractivity contribution in [3.63, 3.8) is 0 Å². The minimum atomic E-state index is -0.677. The maximum atomic E-state index is 14.4. The Hall–Kier alpha value is -3.40. The predicted octanol–water partition coefficient (Wildman–Crippen LogP) is 4.46. The van der Waals surface area contributed by atoms with Crippen molar-refractivity contribution >= 4 is 46.1 Å². The molecule has 2 aromatic heterocycles. The highest BCUT2D eigenvalue weighted by Crippen LogP contribution is 2.36. The van der Waals surface area contributed by atoms with Gasteiger partial charge in [0, 0.05) is 19.2 Å². The number of likely N-dealkylation sites (tertiary alicyclic amines) is 1. The number of carbonyl (C=O) groups excluding carboxylic acids is 1. The van der Waals surface area contributed by atoms with Crippen LogP contribution < -0.4 is 10.2 Å². The van der Waals surface area contributed by atoms with E-state index >= 15 is 0 Å². The third-order valence-corrected chi connectivity index (χ3v) is 6.22. The molecule has 0 saturated carbocycles. The molecule has 2 saturated heterocycles. The number of halogens is 2.